The fourth-order valence-electron chi connectivity index (χ4n) is 1.43. The van der Waals surface area contributed by atoms with Crippen LogP contribution in [0.4, 0.5) is 5.69 Å². The number of hydrogen-bond acceptors (Lipinski definition) is 3. The minimum Gasteiger partial charge on any atom is -0.383 e. The van der Waals surface area contributed by atoms with Crippen LogP contribution in [0.2, 0.25) is 0 Å². The summed E-state index contributed by atoms with van der Waals surface area (Å²) in [5.74, 6) is 0. The average Bonchev–Trinajstić information content (AvgIpc) is 2.20. The average molecular weight is 194 g/mol. The van der Waals surface area contributed by atoms with Crippen LogP contribution < -0.4 is 11.1 Å². The Bertz CT molecular complexity index is 287. The number of nitrogens with two attached hydrogens (primary N) is 1. The van der Waals surface area contributed by atoms with Gasteiger partial charge in [0.25, 0.3) is 0 Å². The van der Waals surface area contributed by atoms with E-state index in [2.05, 4.69) is 18.3 Å². The second-order valence-electron chi connectivity index (χ2n) is 3.23. The number of aryl methyl sites for hydroxylation is 1. The highest BCUT2D eigenvalue weighted by Gasteiger charge is 2.02. The first-order valence-corrected chi connectivity index (χ1v) is 4.81. The van der Waals surface area contributed by atoms with E-state index >= 15 is 0 Å². The first kappa shape index (κ1) is 11.0. The zero-order valence-electron chi connectivity index (χ0n) is 8.84. The van der Waals surface area contributed by atoms with E-state index in [0.29, 0.717) is 13.2 Å². The molecule has 0 bridgehead atoms. The Morgan fingerprint density at radius 2 is 2.21 bits per heavy atom. The number of nitrogens with one attached hydrogen (secondary N) is 1. The SMILES string of the molecule is COCCNc1c(C)cccc1CN. The molecule has 0 heterocycles. The van der Waals surface area contributed by atoms with Crippen LogP contribution in [0.15, 0.2) is 18.2 Å². The van der Waals surface area contributed by atoms with Crippen molar-refractivity contribution in [2.45, 2.75) is 13.5 Å². The molecule has 0 aliphatic heterocycles. The summed E-state index contributed by atoms with van der Waals surface area (Å²) in [5.41, 5.74) is 9.18. The molecule has 0 fully saturated rings. The molecule has 0 saturated heterocycles. The first-order valence-electron chi connectivity index (χ1n) is 4.81. The molecule has 0 atom stereocenters. The molecule has 1 aromatic carbocycles. The van der Waals surface area contributed by atoms with E-state index in [0.717, 1.165) is 17.8 Å². The summed E-state index contributed by atoms with van der Waals surface area (Å²) in [4.78, 5) is 0. The molecule has 0 unspecified atom stereocenters. The lowest BCUT2D eigenvalue weighted by molar-refractivity contribution is 0.210. The molecule has 1 rings (SSSR count). The Hall–Kier alpha value is -1.06. The summed E-state index contributed by atoms with van der Waals surface area (Å²) in [5, 5.41) is 3.33. The molecule has 0 radical (unpaired) electrons. The number of hydrogen-bond donors (Lipinski definition) is 2. The van der Waals surface area contributed by atoms with Crippen molar-refractivity contribution in [3.05, 3.63) is 29.3 Å². The van der Waals surface area contributed by atoms with E-state index in [4.69, 9.17) is 10.5 Å². The summed E-state index contributed by atoms with van der Waals surface area (Å²) >= 11 is 0. The number of para-hydroxylation sites is 1. The van der Waals surface area contributed by atoms with Crippen molar-refractivity contribution in [1.29, 1.82) is 0 Å². The minimum atomic E-state index is 0.566. The van der Waals surface area contributed by atoms with Crippen LogP contribution in [0.5, 0.6) is 0 Å². The minimum absolute atomic E-state index is 0.566. The summed E-state index contributed by atoms with van der Waals surface area (Å²) < 4.78 is 4.98. The van der Waals surface area contributed by atoms with Gasteiger partial charge in [0, 0.05) is 25.9 Å². The number of anilines is 1. The highest BCUT2D eigenvalue weighted by atomic mass is 16.5. The predicted octanol–water partition coefficient (Wildman–Crippen LogP) is 1.51. The van der Waals surface area contributed by atoms with Crippen LogP contribution in [0.1, 0.15) is 11.1 Å². The quantitative estimate of drug-likeness (QED) is 0.698. The van der Waals surface area contributed by atoms with Gasteiger partial charge >= 0.3 is 0 Å². The molecular weight excluding hydrogens is 176 g/mol. The zero-order chi connectivity index (χ0) is 10.4. The number of methoxy groups -OCH3 is 1. The van der Waals surface area contributed by atoms with Crippen molar-refractivity contribution < 1.29 is 4.74 Å². The van der Waals surface area contributed by atoms with Crippen molar-refractivity contribution >= 4 is 5.69 Å². The standard InChI is InChI=1S/C11H18N2O/c1-9-4-3-5-10(8-12)11(9)13-6-7-14-2/h3-5,13H,6-8,12H2,1-2H3. The summed E-state index contributed by atoms with van der Waals surface area (Å²) in [7, 11) is 1.70. The molecule has 3 nitrogen and oxygen atoms in total. The molecule has 0 saturated carbocycles. The van der Waals surface area contributed by atoms with Gasteiger partial charge < -0.3 is 15.8 Å². The third kappa shape index (κ3) is 2.72. The van der Waals surface area contributed by atoms with Crippen LogP contribution in [-0.2, 0) is 11.3 Å². The van der Waals surface area contributed by atoms with E-state index in [-0.39, 0.29) is 0 Å². The Labute approximate surface area is 85.3 Å². The highest BCUT2D eigenvalue weighted by Crippen LogP contribution is 2.19. The Balaban J connectivity index is 2.72. The third-order valence-electron chi connectivity index (χ3n) is 2.19. The molecule has 3 N–H and O–H groups in total. The van der Waals surface area contributed by atoms with Crippen molar-refractivity contribution in [3.63, 3.8) is 0 Å². The number of benzene rings is 1. The van der Waals surface area contributed by atoms with Crippen molar-refractivity contribution in [2.24, 2.45) is 5.73 Å². The summed E-state index contributed by atoms with van der Waals surface area (Å²) in [6.07, 6.45) is 0. The second kappa shape index (κ2) is 5.62. The fourth-order valence-corrected chi connectivity index (χ4v) is 1.43. The maximum absolute atomic E-state index is 5.65. The molecule has 3 heteroatoms. The molecular formula is C11H18N2O. The second-order valence-corrected chi connectivity index (χ2v) is 3.23. The van der Waals surface area contributed by atoms with Gasteiger partial charge in [-0.15, -0.1) is 0 Å². The van der Waals surface area contributed by atoms with Gasteiger partial charge in [-0.05, 0) is 18.1 Å². The van der Waals surface area contributed by atoms with Crippen molar-refractivity contribution in [2.75, 3.05) is 25.6 Å². The van der Waals surface area contributed by atoms with Crippen LogP contribution in [0, 0.1) is 6.92 Å². The molecule has 0 amide bonds. The summed E-state index contributed by atoms with van der Waals surface area (Å²) in [6, 6.07) is 6.15. The van der Waals surface area contributed by atoms with Gasteiger partial charge in [0.05, 0.1) is 6.61 Å². The van der Waals surface area contributed by atoms with Crippen LogP contribution in [0.25, 0.3) is 0 Å². The molecule has 78 valence electrons. The van der Waals surface area contributed by atoms with Crippen LogP contribution in [0.3, 0.4) is 0 Å². The molecule has 0 aliphatic carbocycles. The number of ether oxygens (including phenoxy) is 1. The van der Waals surface area contributed by atoms with Crippen molar-refractivity contribution in [1.82, 2.24) is 0 Å². The normalized spacial score (nSPS) is 10.2. The topological polar surface area (TPSA) is 47.3 Å². The Morgan fingerprint density at radius 3 is 2.86 bits per heavy atom. The Morgan fingerprint density at radius 1 is 1.43 bits per heavy atom. The van der Waals surface area contributed by atoms with Crippen LogP contribution >= 0.6 is 0 Å². The van der Waals surface area contributed by atoms with Gasteiger partial charge in [-0.3, -0.25) is 0 Å². The van der Waals surface area contributed by atoms with Crippen molar-refractivity contribution in [3.8, 4) is 0 Å². The van der Waals surface area contributed by atoms with E-state index in [1.165, 1.54) is 5.56 Å². The van der Waals surface area contributed by atoms with Gasteiger partial charge in [0.1, 0.15) is 0 Å². The predicted molar refractivity (Wildman–Crippen MR) is 59.4 cm³/mol. The smallest absolute Gasteiger partial charge is 0.0635 e. The Kier molecular flexibility index (Phi) is 4.43. The monoisotopic (exact) mass is 194 g/mol. The lowest BCUT2D eigenvalue weighted by Crippen LogP contribution is -2.11. The third-order valence-corrected chi connectivity index (χ3v) is 2.19. The summed E-state index contributed by atoms with van der Waals surface area (Å²) in [6.45, 7) is 4.16. The first-order chi connectivity index (χ1) is 6.79. The fraction of sp³-hybridized carbons (Fsp3) is 0.455. The number of rotatable bonds is 5. The molecule has 0 aromatic heterocycles. The molecule has 0 spiro atoms. The molecule has 1 aromatic rings. The van der Waals surface area contributed by atoms with Crippen LogP contribution in [-0.4, -0.2) is 20.3 Å². The van der Waals surface area contributed by atoms with Gasteiger partial charge in [-0.2, -0.15) is 0 Å². The zero-order valence-corrected chi connectivity index (χ0v) is 8.84. The highest BCUT2D eigenvalue weighted by molar-refractivity contribution is 5.57. The van der Waals surface area contributed by atoms with E-state index in [1.54, 1.807) is 7.11 Å². The van der Waals surface area contributed by atoms with Gasteiger partial charge in [0.15, 0.2) is 0 Å². The van der Waals surface area contributed by atoms with Gasteiger partial charge in [0.2, 0.25) is 0 Å². The molecule has 14 heavy (non-hydrogen) atoms. The lowest BCUT2D eigenvalue weighted by Gasteiger charge is -2.13. The van der Waals surface area contributed by atoms with Gasteiger partial charge in [-0.25, -0.2) is 0 Å². The largest absolute Gasteiger partial charge is 0.383 e. The lowest BCUT2D eigenvalue weighted by atomic mass is 10.1. The van der Waals surface area contributed by atoms with E-state index < -0.39 is 0 Å². The van der Waals surface area contributed by atoms with E-state index in [1.807, 2.05) is 12.1 Å². The van der Waals surface area contributed by atoms with E-state index in [9.17, 15) is 0 Å². The molecule has 0 aliphatic rings. The maximum atomic E-state index is 5.65. The maximum Gasteiger partial charge on any atom is 0.0635 e. The van der Waals surface area contributed by atoms with Gasteiger partial charge in [-0.1, -0.05) is 18.2 Å².